The van der Waals surface area contributed by atoms with Gasteiger partial charge in [-0.15, -0.1) is 0 Å². The zero-order chi connectivity index (χ0) is 14.7. The van der Waals surface area contributed by atoms with Gasteiger partial charge in [-0.3, -0.25) is 0 Å². The fraction of sp³-hybridized carbons (Fsp3) is 0.143. The van der Waals surface area contributed by atoms with Crippen LogP contribution in [-0.2, 0) is 5.75 Å². The van der Waals surface area contributed by atoms with E-state index in [2.05, 4.69) is 19.9 Å². The number of hydrogen-bond acceptors (Lipinski definition) is 7. The van der Waals surface area contributed by atoms with Crippen molar-refractivity contribution in [2.45, 2.75) is 17.8 Å². The summed E-state index contributed by atoms with van der Waals surface area (Å²) in [6.45, 7) is 2.05. The first-order valence-corrected chi connectivity index (χ1v) is 7.28. The van der Waals surface area contributed by atoms with Gasteiger partial charge in [0.2, 0.25) is 11.8 Å². The minimum atomic E-state index is 0.209. The zero-order valence-corrected chi connectivity index (χ0v) is 12.2. The van der Waals surface area contributed by atoms with Crippen molar-refractivity contribution in [3.8, 4) is 11.3 Å². The summed E-state index contributed by atoms with van der Waals surface area (Å²) in [5.74, 6) is 2.12. The minimum absolute atomic E-state index is 0.209. The molecular weight excluding hydrogens is 286 g/mol. The molecule has 0 unspecified atom stereocenters. The zero-order valence-electron chi connectivity index (χ0n) is 11.4. The number of nitrogen functional groups attached to an aromatic ring is 1. The molecule has 3 rings (SSSR count). The number of anilines is 1. The number of thioether (sulfide) groups is 1. The molecular formula is C14H13N5OS. The predicted octanol–water partition coefficient (Wildman–Crippen LogP) is 2.71. The van der Waals surface area contributed by atoms with Gasteiger partial charge in [0.25, 0.3) is 0 Å². The fourth-order valence-electron chi connectivity index (χ4n) is 1.72. The molecule has 1 aromatic carbocycles. The molecule has 0 spiro atoms. The largest absolute Gasteiger partial charge is 0.440 e. The summed E-state index contributed by atoms with van der Waals surface area (Å²) in [7, 11) is 0. The molecule has 0 bridgehead atoms. The van der Waals surface area contributed by atoms with Gasteiger partial charge >= 0.3 is 0 Å². The molecule has 2 aromatic heterocycles. The predicted molar refractivity (Wildman–Crippen MR) is 80.5 cm³/mol. The number of aromatic nitrogens is 4. The SMILES string of the molecule is Cc1ccc(-c2cnc(CSc3ncnc(N)n3)o2)cc1. The normalized spacial score (nSPS) is 10.7. The standard InChI is InChI=1S/C14H13N5OS/c1-9-2-4-10(5-3-9)11-6-16-12(20-11)7-21-14-18-8-17-13(15)19-14/h2-6,8H,7H2,1H3,(H2,15,17,18,19). The number of nitrogens with two attached hydrogens (primary N) is 1. The van der Waals surface area contributed by atoms with Crippen LogP contribution in [0.4, 0.5) is 5.95 Å². The number of oxazole rings is 1. The van der Waals surface area contributed by atoms with Crippen molar-refractivity contribution in [1.29, 1.82) is 0 Å². The summed E-state index contributed by atoms with van der Waals surface area (Å²) in [5.41, 5.74) is 7.72. The molecule has 3 aromatic rings. The Morgan fingerprint density at radius 3 is 2.71 bits per heavy atom. The van der Waals surface area contributed by atoms with Crippen molar-refractivity contribution in [2.24, 2.45) is 0 Å². The summed E-state index contributed by atoms with van der Waals surface area (Å²) < 4.78 is 5.73. The van der Waals surface area contributed by atoms with Crippen molar-refractivity contribution in [2.75, 3.05) is 5.73 Å². The Morgan fingerprint density at radius 1 is 1.14 bits per heavy atom. The maximum Gasteiger partial charge on any atom is 0.223 e. The van der Waals surface area contributed by atoms with E-state index in [9.17, 15) is 0 Å². The second-order valence-electron chi connectivity index (χ2n) is 4.40. The third kappa shape index (κ3) is 3.38. The Hall–Kier alpha value is -2.41. The fourth-order valence-corrected chi connectivity index (χ4v) is 2.38. The Kier molecular flexibility index (Phi) is 3.83. The molecule has 0 atom stereocenters. The first kappa shape index (κ1) is 13.6. The van der Waals surface area contributed by atoms with Crippen LogP contribution in [0, 0.1) is 6.92 Å². The number of benzene rings is 1. The van der Waals surface area contributed by atoms with Crippen molar-refractivity contribution >= 4 is 17.7 Å². The second-order valence-corrected chi connectivity index (χ2v) is 5.34. The lowest BCUT2D eigenvalue weighted by Crippen LogP contribution is -1.97. The lowest BCUT2D eigenvalue weighted by atomic mass is 10.1. The Bertz CT molecular complexity index is 741. The van der Waals surface area contributed by atoms with E-state index < -0.39 is 0 Å². The second kappa shape index (κ2) is 5.92. The van der Waals surface area contributed by atoms with Gasteiger partial charge in [0.15, 0.2) is 10.9 Å². The van der Waals surface area contributed by atoms with Crippen LogP contribution in [0.1, 0.15) is 11.5 Å². The third-order valence-corrected chi connectivity index (χ3v) is 3.63. The number of nitrogens with zero attached hydrogens (tertiary/aromatic N) is 4. The van der Waals surface area contributed by atoms with Gasteiger partial charge in [-0.2, -0.15) is 4.98 Å². The molecule has 21 heavy (non-hydrogen) atoms. The van der Waals surface area contributed by atoms with E-state index in [-0.39, 0.29) is 5.95 Å². The van der Waals surface area contributed by atoms with Crippen LogP contribution in [0.2, 0.25) is 0 Å². The summed E-state index contributed by atoms with van der Waals surface area (Å²) in [4.78, 5) is 16.0. The highest BCUT2D eigenvalue weighted by Gasteiger charge is 2.08. The maximum atomic E-state index is 5.73. The monoisotopic (exact) mass is 299 g/mol. The Morgan fingerprint density at radius 2 is 1.95 bits per heavy atom. The summed E-state index contributed by atoms with van der Waals surface area (Å²) >= 11 is 1.40. The molecule has 0 aliphatic rings. The summed E-state index contributed by atoms with van der Waals surface area (Å²) in [6.07, 6.45) is 3.11. The van der Waals surface area contributed by atoms with Crippen LogP contribution >= 0.6 is 11.8 Å². The molecule has 2 heterocycles. The van der Waals surface area contributed by atoms with Gasteiger partial charge in [0.1, 0.15) is 6.33 Å². The summed E-state index contributed by atoms with van der Waals surface area (Å²) in [6, 6.07) is 8.11. The molecule has 7 heteroatoms. The molecule has 0 amide bonds. The molecule has 106 valence electrons. The van der Waals surface area contributed by atoms with E-state index in [0.717, 1.165) is 11.3 Å². The average Bonchev–Trinajstić information content (AvgIpc) is 2.95. The smallest absolute Gasteiger partial charge is 0.223 e. The average molecular weight is 299 g/mol. The highest BCUT2D eigenvalue weighted by molar-refractivity contribution is 7.98. The van der Waals surface area contributed by atoms with E-state index in [1.54, 1.807) is 6.20 Å². The summed E-state index contributed by atoms with van der Waals surface area (Å²) in [5, 5.41) is 0.553. The molecule has 0 aliphatic heterocycles. The number of rotatable bonds is 4. The van der Waals surface area contributed by atoms with Crippen molar-refractivity contribution in [3.63, 3.8) is 0 Å². The molecule has 0 aliphatic carbocycles. The number of hydrogen-bond donors (Lipinski definition) is 1. The van der Waals surface area contributed by atoms with Gasteiger partial charge in [-0.25, -0.2) is 15.0 Å². The lowest BCUT2D eigenvalue weighted by molar-refractivity contribution is 0.530. The highest BCUT2D eigenvalue weighted by atomic mass is 32.2. The number of aryl methyl sites for hydroxylation is 1. The van der Waals surface area contributed by atoms with Crippen molar-refractivity contribution in [1.82, 2.24) is 19.9 Å². The van der Waals surface area contributed by atoms with Gasteiger partial charge in [-0.05, 0) is 6.92 Å². The molecule has 0 radical (unpaired) electrons. The van der Waals surface area contributed by atoms with Gasteiger partial charge in [0.05, 0.1) is 11.9 Å². The minimum Gasteiger partial charge on any atom is -0.440 e. The molecule has 2 N–H and O–H groups in total. The van der Waals surface area contributed by atoms with Crippen LogP contribution in [0.15, 0.2) is 46.4 Å². The van der Waals surface area contributed by atoms with Crippen LogP contribution in [0.3, 0.4) is 0 Å². The van der Waals surface area contributed by atoms with Crippen LogP contribution < -0.4 is 5.73 Å². The van der Waals surface area contributed by atoms with Gasteiger partial charge in [-0.1, -0.05) is 41.6 Å². The van der Waals surface area contributed by atoms with Gasteiger partial charge in [0, 0.05) is 5.56 Å². The first-order valence-electron chi connectivity index (χ1n) is 6.30. The van der Waals surface area contributed by atoms with Crippen LogP contribution in [0.5, 0.6) is 0 Å². The van der Waals surface area contributed by atoms with Gasteiger partial charge < -0.3 is 10.2 Å². The molecule has 6 nitrogen and oxygen atoms in total. The molecule has 0 saturated carbocycles. The van der Waals surface area contributed by atoms with E-state index in [1.807, 2.05) is 31.2 Å². The lowest BCUT2D eigenvalue weighted by Gasteiger charge is -1.98. The van der Waals surface area contributed by atoms with Crippen molar-refractivity contribution < 1.29 is 4.42 Å². The third-order valence-electron chi connectivity index (χ3n) is 2.78. The molecule has 0 saturated heterocycles. The van der Waals surface area contributed by atoms with E-state index >= 15 is 0 Å². The highest BCUT2D eigenvalue weighted by Crippen LogP contribution is 2.24. The first-order chi connectivity index (χ1) is 10.2. The van der Waals surface area contributed by atoms with Crippen LogP contribution in [0.25, 0.3) is 11.3 Å². The van der Waals surface area contributed by atoms with Crippen molar-refractivity contribution in [3.05, 3.63) is 48.2 Å². The Labute approximate surface area is 125 Å². The van der Waals surface area contributed by atoms with E-state index in [0.29, 0.717) is 16.8 Å². The Balaban J connectivity index is 1.69. The van der Waals surface area contributed by atoms with Crippen LogP contribution in [-0.4, -0.2) is 19.9 Å². The molecule has 0 fully saturated rings. The topological polar surface area (TPSA) is 90.7 Å². The van der Waals surface area contributed by atoms with E-state index in [1.165, 1.54) is 23.7 Å². The quantitative estimate of drug-likeness (QED) is 0.740. The maximum absolute atomic E-state index is 5.73. The van der Waals surface area contributed by atoms with E-state index in [4.69, 9.17) is 10.2 Å².